The van der Waals surface area contributed by atoms with Gasteiger partial charge >= 0.3 is 5.97 Å². The number of thioether (sulfide) groups is 1. The highest BCUT2D eigenvalue weighted by molar-refractivity contribution is 8.13. The van der Waals surface area contributed by atoms with Crippen molar-refractivity contribution in [3.8, 4) is 0 Å². The third kappa shape index (κ3) is 3.21. The maximum atomic E-state index is 11.7. The molecule has 1 fully saturated rings. The van der Waals surface area contributed by atoms with E-state index in [1.807, 2.05) is 0 Å². The van der Waals surface area contributed by atoms with Gasteiger partial charge in [-0.05, 0) is 19.8 Å². The van der Waals surface area contributed by atoms with E-state index < -0.39 is 11.5 Å². The summed E-state index contributed by atoms with van der Waals surface area (Å²) >= 11 is 1.19. The van der Waals surface area contributed by atoms with E-state index in [9.17, 15) is 14.4 Å². The molecule has 0 aromatic rings. The van der Waals surface area contributed by atoms with Crippen molar-refractivity contribution in [1.82, 2.24) is 4.90 Å². The quantitative estimate of drug-likeness (QED) is 0.814. The number of carbonyl (C=O) groups is 3. The van der Waals surface area contributed by atoms with Crippen LogP contribution in [0.15, 0.2) is 0 Å². The van der Waals surface area contributed by atoms with Crippen LogP contribution in [0.4, 0.5) is 0 Å². The van der Waals surface area contributed by atoms with Crippen LogP contribution in [0.2, 0.25) is 0 Å². The number of nitrogens with zero attached hydrogens (tertiary/aromatic N) is 1. The van der Waals surface area contributed by atoms with Crippen LogP contribution >= 0.6 is 11.8 Å². The van der Waals surface area contributed by atoms with Crippen LogP contribution in [-0.2, 0) is 14.4 Å². The molecule has 6 heteroatoms. The molecule has 1 heterocycles. The highest BCUT2D eigenvalue weighted by atomic mass is 32.2. The molecule has 1 atom stereocenters. The van der Waals surface area contributed by atoms with Crippen LogP contribution < -0.4 is 0 Å². The van der Waals surface area contributed by atoms with Crippen molar-refractivity contribution in [2.75, 3.05) is 12.3 Å². The summed E-state index contributed by atoms with van der Waals surface area (Å²) in [4.78, 5) is 35.1. The molecule has 1 N–H and O–H groups in total. The van der Waals surface area contributed by atoms with Crippen molar-refractivity contribution in [2.45, 2.75) is 32.7 Å². The third-order valence-electron chi connectivity index (χ3n) is 2.93. The Bertz CT molecular complexity index is 353. The molecule has 0 radical (unpaired) electrons. The Morgan fingerprint density at radius 3 is 2.59 bits per heavy atom. The number of amides is 1. The first-order chi connectivity index (χ1) is 7.75. The summed E-state index contributed by atoms with van der Waals surface area (Å²) in [6.45, 7) is 4.94. The fraction of sp³-hybridized carbons (Fsp3) is 0.727. The molecule has 0 aromatic heterocycles. The van der Waals surface area contributed by atoms with Crippen LogP contribution in [0.3, 0.4) is 0 Å². The van der Waals surface area contributed by atoms with Gasteiger partial charge in [-0.15, -0.1) is 0 Å². The van der Waals surface area contributed by atoms with Crippen molar-refractivity contribution in [2.24, 2.45) is 5.92 Å². The maximum Gasteiger partial charge on any atom is 0.329 e. The van der Waals surface area contributed by atoms with Gasteiger partial charge in [-0.3, -0.25) is 9.59 Å². The lowest BCUT2D eigenvalue weighted by Crippen LogP contribution is -2.50. The lowest BCUT2D eigenvalue weighted by Gasteiger charge is -2.31. The molecule has 1 saturated heterocycles. The van der Waals surface area contributed by atoms with Gasteiger partial charge in [0.05, 0.1) is 0 Å². The number of hydrogen-bond donors (Lipinski definition) is 1. The molecular weight excluding hydrogens is 242 g/mol. The molecule has 1 unspecified atom stereocenters. The molecule has 0 aliphatic carbocycles. The summed E-state index contributed by atoms with van der Waals surface area (Å²) in [6.07, 6.45) is 0.330. The van der Waals surface area contributed by atoms with Crippen LogP contribution in [0.25, 0.3) is 0 Å². The van der Waals surface area contributed by atoms with E-state index in [0.29, 0.717) is 18.7 Å². The van der Waals surface area contributed by atoms with Crippen molar-refractivity contribution in [3.05, 3.63) is 0 Å². The average molecular weight is 259 g/mol. The van der Waals surface area contributed by atoms with Gasteiger partial charge in [0.2, 0.25) is 5.91 Å². The first kappa shape index (κ1) is 14.0. The minimum absolute atomic E-state index is 0.0217. The van der Waals surface area contributed by atoms with Gasteiger partial charge in [0.1, 0.15) is 5.54 Å². The van der Waals surface area contributed by atoms with Gasteiger partial charge in [0.25, 0.3) is 0 Å². The first-order valence-electron chi connectivity index (χ1n) is 5.42. The van der Waals surface area contributed by atoms with Gasteiger partial charge in [0.15, 0.2) is 5.12 Å². The monoisotopic (exact) mass is 259 g/mol. The number of likely N-dealkylation sites (tertiary alicyclic amines) is 1. The van der Waals surface area contributed by atoms with E-state index in [1.54, 1.807) is 0 Å². The second-order valence-corrected chi connectivity index (χ2v) is 5.94. The molecule has 0 saturated carbocycles. The van der Waals surface area contributed by atoms with Crippen LogP contribution in [0, 0.1) is 5.92 Å². The minimum Gasteiger partial charge on any atom is -0.480 e. The Balaban J connectivity index is 2.64. The molecule has 1 rings (SSSR count). The highest BCUT2D eigenvalue weighted by Crippen LogP contribution is 2.28. The molecule has 96 valence electrons. The van der Waals surface area contributed by atoms with Crippen molar-refractivity contribution in [3.63, 3.8) is 0 Å². The molecule has 1 amide bonds. The largest absolute Gasteiger partial charge is 0.480 e. The molecule has 5 nitrogen and oxygen atoms in total. The molecule has 0 spiro atoms. The molecule has 0 bridgehead atoms. The molecule has 17 heavy (non-hydrogen) atoms. The predicted molar refractivity (Wildman–Crippen MR) is 64.7 cm³/mol. The highest BCUT2D eigenvalue weighted by Gasteiger charge is 2.43. The Morgan fingerprint density at radius 1 is 1.53 bits per heavy atom. The van der Waals surface area contributed by atoms with Gasteiger partial charge in [-0.1, -0.05) is 11.8 Å². The van der Waals surface area contributed by atoms with Gasteiger partial charge in [-0.25, -0.2) is 4.79 Å². The fourth-order valence-electron chi connectivity index (χ4n) is 1.78. The van der Waals surface area contributed by atoms with Crippen LogP contribution in [0.5, 0.6) is 0 Å². The zero-order chi connectivity index (χ0) is 13.2. The van der Waals surface area contributed by atoms with Gasteiger partial charge < -0.3 is 10.0 Å². The molecule has 1 aliphatic rings. The fourth-order valence-corrected chi connectivity index (χ4v) is 2.48. The van der Waals surface area contributed by atoms with Crippen molar-refractivity contribution in [1.29, 1.82) is 0 Å². The average Bonchev–Trinajstić information content (AvgIpc) is 2.57. The molecular formula is C11H17NO4S. The van der Waals surface area contributed by atoms with Gasteiger partial charge in [-0.2, -0.15) is 0 Å². The summed E-state index contributed by atoms with van der Waals surface area (Å²) < 4.78 is 0. The number of rotatable bonds is 4. The Kier molecular flexibility index (Phi) is 4.19. The van der Waals surface area contributed by atoms with Crippen molar-refractivity contribution < 1.29 is 19.5 Å². The molecule has 0 aromatic carbocycles. The summed E-state index contributed by atoms with van der Waals surface area (Å²) in [5, 5.41) is 9.09. The standard InChI is InChI=1S/C11H17NO4S/c1-7(13)17-6-8-4-9(14)12(5-8)11(2,3)10(15)16/h8H,4-6H2,1-3H3,(H,15,16). The number of carboxylic acids is 1. The van der Waals surface area contributed by atoms with Crippen molar-refractivity contribution >= 4 is 28.8 Å². The normalized spacial score (nSPS) is 20.8. The Labute approximate surface area is 105 Å². The zero-order valence-corrected chi connectivity index (χ0v) is 11.0. The van der Waals surface area contributed by atoms with E-state index in [4.69, 9.17) is 5.11 Å². The zero-order valence-electron chi connectivity index (χ0n) is 10.2. The summed E-state index contributed by atoms with van der Waals surface area (Å²) in [7, 11) is 0. The first-order valence-corrected chi connectivity index (χ1v) is 6.41. The van der Waals surface area contributed by atoms with Crippen LogP contribution in [0.1, 0.15) is 27.2 Å². The van der Waals surface area contributed by atoms with Gasteiger partial charge in [0, 0.05) is 25.6 Å². The van der Waals surface area contributed by atoms with Crippen LogP contribution in [-0.4, -0.2) is 44.8 Å². The summed E-state index contributed by atoms with van der Waals surface area (Å²) in [5.74, 6) is -0.514. The summed E-state index contributed by atoms with van der Waals surface area (Å²) in [6, 6.07) is 0. The summed E-state index contributed by atoms with van der Waals surface area (Å²) in [5.41, 5.74) is -1.17. The van der Waals surface area contributed by atoms with E-state index in [2.05, 4.69) is 0 Å². The third-order valence-corrected chi connectivity index (χ3v) is 3.97. The van der Waals surface area contributed by atoms with E-state index in [0.717, 1.165) is 0 Å². The number of carboxylic acid groups (broad SMARTS) is 1. The second-order valence-electron chi connectivity index (χ2n) is 4.74. The molecule has 1 aliphatic heterocycles. The minimum atomic E-state index is -1.17. The Morgan fingerprint density at radius 2 is 2.12 bits per heavy atom. The second kappa shape index (κ2) is 5.08. The predicted octanol–water partition coefficient (Wildman–Crippen LogP) is 0.978. The lowest BCUT2D eigenvalue weighted by atomic mass is 10.0. The Hall–Kier alpha value is -1.04. The number of aliphatic carboxylic acids is 1. The van der Waals surface area contributed by atoms with E-state index in [-0.39, 0.29) is 16.9 Å². The maximum absolute atomic E-state index is 11.7. The topological polar surface area (TPSA) is 74.7 Å². The van der Waals surface area contributed by atoms with E-state index >= 15 is 0 Å². The lowest BCUT2D eigenvalue weighted by molar-refractivity contribution is -0.154. The number of hydrogen-bond acceptors (Lipinski definition) is 4. The van der Waals surface area contributed by atoms with E-state index in [1.165, 1.54) is 37.4 Å². The SMILES string of the molecule is CC(=O)SCC1CC(=O)N(C(C)(C)C(=O)O)C1. The number of carbonyl (C=O) groups excluding carboxylic acids is 2. The smallest absolute Gasteiger partial charge is 0.329 e.